The normalized spacial score (nSPS) is 11.0. The highest BCUT2D eigenvalue weighted by molar-refractivity contribution is 6.42. The predicted octanol–water partition coefficient (Wildman–Crippen LogP) is 4.60. The fourth-order valence-corrected chi connectivity index (χ4v) is 2.79. The third kappa shape index (κ3) is 5.60. The van der Waals surface area contributed by atoms with Gasteiger partial charge in [-0.05, 0) is 49.0 Å². The number of rotatable bonds is 8. The van der Waals surface area contributed by atoms with Gasteiger partial charge >= 0.3 is 0 Å². The van der Waals surface area contributed by atoms with Crippen molar-refractivity contribution in [3.05, 3.63) is 69.8 Å². The van der Waals surface area contributed by atoms with Crippen molar-refractivity contribution in [3.63, 3.8) is 0 Å². The number of hydrogen-bond acceptors (Lipinski definition) is 6. The molecule has 0 aliphatic carbocycles. The van der Waals surface area contributed by atoms with Gasteiger partial charge in [-0.3, -0.25) is 4.90 Å². The fourth-order valence-electron chi connectivity index (χ4n) is 2.47. The van der Waals surface area contributed by atoms with Crippen LogP contribution in [0.3, 0.4) is 0 Å². The van der Waals surface area contributed by atoms with E-state index in [1.54, 1.807) is 13.2 Å². The first-order chi connectivity index (χ1) is 13.0. The van der Waals surface area contributed by atoms with E-state index < -0.39 is 0 Å². The van der Waals surface area contributed by atoms with Crippen LogP contribution in [0.4, 0.5) is 0 Å². The molecule has 0 saturated carbocycles. The lowest BCUT2D eigenvalue weighted by atomic mass is 10.2. The van der Waals surface area contributed by atoms with Crippen LogP contribution in [-0.2, 0) is 19.7 Å². The zero-order valence-corrected chi connectivity index (χ0v) is 16.5. The van der Waals surface area contributed by atoms with Gasteiger partial charge in [-0.15, -0.1) is 0 Å². The van der Waals surface area contributed by atoms with Crippen LogP contribution in [0, 0.1) is 0 Å². The van der Waals surface area contributed by atoms with Crippen LogP contribution in [0.1, 0.15) is 17.3 Å². The van der Waals surface area contributed by atoms with Gasteiger partial charge in [-0.1, -0.05) is 34.4 Å². The Hall–Kier alpha value is -2.28. The quantitative estimate of drug-likeness (QED) is 0.543. The Morgan fingerprint density at radius 2 is 1.74 bits per heavy atom. The molecule has 0 radical (unpaired) electrons. The van der Waals surface area contributed by atoms with E-state index in [0.717, 1.165) is 11.3 Å². The number of nitrogens with zero attached hydrogens (tertiary/aromatic N) is 3. The van der Waals surface area contributed by atoms with Crippen molar-refractivity contribution in [2.45, 2.75) is 19.7 Å². The van der Waals surface area contributed by atoms with Gasteiger partial charge in [0.15, 0.2) is 6.61 Å². The third-order valence-electron chi connectivity index (χ3n) is 3.78. The maximum Gasteiger partial charge on any atom is 0.240 e. The van der Waals surface area contributed by atoms with Crippen LogP contribution in [0.15, 0.2) is 47.0 Å². The number of halogens is 2. The molecule has 0 fully saturated rings. The van der Waals surface area contributed by atoms with Crippen molar-refractivity contribution in [1.29, 1.82) is 0 Å². The van der Waals surface area contributed by atoms with E-state index in [4.69, 9.17) is 37.2 Å². The highest BCUT2D eigenvalue weighted by atomic mass is 35.5. The Morgan fingerprint density at radius 1 is 1.00 bits per heavy atom. The summed E-state index contributed by atoms with van der Waals surface area (Å²) in [4.78, 5) is 6.40. The summed E-state index contributed by atoms with van der Waals surface area (Å²) in [5, 5.41) is 5.03. The molecule has 0 atom stereocenters. The molecule has 0 amide bonds. The number of methoxy groups -OCH3 is 1. The monoisotopic (exact) mass is 407 g/mol. The molecule has 0 unspecified atom stereocenters. The molecule has 0 N–H and O–H groups in total. The molecule has 6 nitrogen and oxygen atoms in total. The minimum atomic E-state index is 0.229. The second-order valence-corrected chi connectivity index (χ2v) is 6.80. The SMILES string of the molecule is COc1ccc(OCc2noc(CN(C)Cc3ccc(Cl)c(Cl)c3)n2)cc1. The largest absolute Gasteiger partial charge is 0.497 e. The summed E-state index contributed by atoms with van der Waals surface area (Å²) in [6.45, 7) is 1.42. The number of benzene rings is 2. The second kappa shape index (κ2) is 9.08. The number of aromatic nitrogens is 2. The number of hydrogen-bond donors (Lipinski definition) is 0. The van der Waals surface area contributed by atoms with Crippen molar-refractivity contribution >= 4 is 23.2 Å². The molecule has 0 saturated heterocycles. The zero-order chi connectivity index (χ0) is 19.2. The second-order valence-electron chi connectivity index (χ2n) is 5.99. The summed E-state index contributed by atoms with van der Waals surface area (Å²) < 4.78 is 16.1. The highest BCUT2D eigenvalue weighted by Gasteiger charge is 2.11. The summed E-state index contributed by atoms with van der Waals surface area (Å²) in [7, 11) is 3.58. The molecule has 142 valence electrons. The molecule has 1 aromatic heterocycles. The molecular weight excluding hydrogens is 389 g/mol. The Balaban J connectivity index is 1.51. The molecule has 8 heteroatoms. The van der Waals surface area contributed by atoms with Gasteiger partial charge in [-0.25, -0.2) is 0 Å². The Bertz CT molecular complexity index is 884. The maximum atomic E-state index is 6.05. The minimum Gasteiger partial charge on any atom is -0.497 e. The van der Waals surface area contributed by atoms with Crippen LogP contribution >= 0.6 is 23.2 Å². The van der Waals surface area contributed by atoms with Crippen LogP contribution in [0.2, 0.25) is 10.0 Å². The summed E-state index contributed by atoms with van der Waals surface area (Å²) >= 11 is 12.0. The lowest BCUT2D eigenvalue weighted by molar-refractivity contribution is 0.256. The average Bonchev–Trinajstić information content (AvgIpc) is 3.10. The molecule has 3 rings (SSSR count). The molecule has 0 aliphatic heterocycles. The Kier molecular flexibility index (Phi) is 6.55. The molecule has 0 bridgehead atoms. The first kappa shape index (κ1) is 19.5. The first-order valence-electron chi connectivity index (χ1n) is 8.24. The summed E-state index contributed by atoms with van der Waals surface area (Å²) in [5.74, 6) is 2.49. The van der Waals surface area contributed by atoms with Crippen LogP contribution in [0.25, 0.3) is 0 Å². The van der Waals surface area contributed by atoms with Gasteiger partial charge < -0.3 is 14.0 Å². The Morgan fingerprint density at radius 3 is 2.44 bits per heavy atom. The van der Waals surface area contributed by atoms with E-state index >= 15 is 0 Å². The van der Waals surface area contributed by atoms with E-state index in [2.05, 4.69) is 10.1 Å². The van der Waals surface area contributed by atoms with Gasteiger partial charge in [0.1, 0.15) is 11.5 Å². The predicted molar refractivity (Wildman–Crippen MR) is 103 cm³/mol. The van der Waals surface area contributed by atoms with E-state index in [1.165, 1.54) is 0 Å². The molecule has 0 spiro atoms. The lowest BCUT2D eigenvalue weighted by Crippen LogP contribution is -2.17. The molecule has 27 heavy (non-hydrogen) atoms. The topological polar surface area (TPSA) is 60.6 Å². The van der Waals surface area contributed by atoms with E-state index in [-0.39, 0.29) is 6.61 Å². The van der Waals surface area contributed by atoms with Crippen LogP contribution < -0.4 is 9.47 Å². The molecular formula is C19H19Cl2N3O3. The van der Waals surface area contributed by atoms with Gasteiger partial charge in [0.25, 0.3) is 0 Å². The minimum absolute atomic E-state index is 0.229. The zero-order valence-electron chi connectivity index (χ0n) is 15.0. The summed E-state index contributed by atoms with van der Waals surface area (Å²) in [5.41, 5.74) is 1.05. The smallest absolute Gasteiger partial charge is 0.240 e. The van der Waals surface area contributed by atoms with Crippen molar-refractivity contribution in [2.24, 2.45) is 0 Å². The highest BCUT2D eigenvalue weighted by Crippen LogP contribution is 2.23. The van der Waals surface area contributed by atoms with Gasteiger partial charge in [0.2, 0.25) is 11.7 Å². The standard InChI is InChI=1S/C19H19Cl2N3O3/c1-24(10-13-3-8-16(20)17(21)9-13)11-19-22-18(23-27-19)12-26-15-6-4-14(25-2)5-7-15/h3-9H,10-12H2,1-2H3. The van der Waals surface area contributed by atoms with Crippen molar-refractivity contribution in [2.75, 3.05) is 14.2 Å². The molecule has 3 aromatic rings. The lowest BCUT2D eigenvalue weighted by Gasteiger charge is -2.14. The van der Waals surface area contributed by atoms with Crippen LogP contribution in [0.5, 0.6) is 11.5 Å². The fraction of sp³-hybridized carbons (Fsp3) is 0.263. The Labute approximate surface area is 167 Å². The van der Waals surface area contributed by atoms with Crippen molar-refractivity contribution < 1.29 is 14.0 Å². The van der Waals surface area contributed by atoms with Gasteiger partial charge in [0, 0.05) is 6.54 Å². The summed E-state index contributed by atoms with van der Waals surface area (Å²) in [6, 6.07) is 12.9. The van der Waals surface area contributed by atoms with Gasteiger partial charge in [-0.2, -0.15) is 4.98 Å². The van der Waals surface area contributed by atoms with Crippen molar-refractivity contribution in [1.82, 2.24) is 15.0 Å². The molecule has 0 aliphatic rings. The van der Waals surface area contributed by atoms with Gasteiger partial charge in [0.05, 0.1) is 23.7 Å². The number of ether oxygens (including phenoxy) is 2. The van der Waals surface area contributed by atoms with Crippen molar-refractivity contribution in [3.8, 4) is 11.5 Å². The summed E-state index contributed by atoms with van der Waals surface area (Å²) in [6.07, 6.45) is 0. The molecule has 2 aromatic carbocycles. The van der Waals surface area contributed by atoms with E-state index in [1.807, 2.05) is 48.3 Å². The average molecular weight is 408 g/mol. The van der Waals surface area contributed by atoms with E-state index in [9.17, 15) is 0 Å². The van der Waals surface area contributed by atoms with E-state index in [0.29, 0.717) is 40.6 Å². The maximum absolute atomic E-state index is 6.05. The first-order valence-corrected chi connectivity index (χ1v) is 9.00. The van der Waals surface area contributed by atoms with Crippen LogP contribution in [-0.4, -0.2) is 29.2 Å². The third-order valence-corrected chi connectivity index (χ3v) is 4.52. The molecule has 1 heterocycles.